The first-order chi connectivity index (χ1) is 16.3. The molecular weight excluding hydrogens is 482 g/mol. The molecule has 3 heterocycles. The number of ether oxygens (including phenoxy) is 1. The number of pyridine rings is 1. The van der Waals surface area contributed by atoms with Crippen molar-refractivity contribution in [3.05, 3.63) is 63.6 Å². The van der Waals surface area contributed by atoms with Gasteiger partial charge in [0.25, 0.3) is 5.88 Å². The molecule has 2 N–H and O–H groups in total. The summed E-state index contributed by atoms with van der Waals surface area (Å²) >= 11 is 12.3. The summed E-state index contributed by atoms with van der Waals surface area (Å²) in [6.45, 7) is 3.82. The number of carbonyl (C=O) groups is 1. The van der Waals surface area contributed by atoms with E-state index < -0.39 is 11.9 Å². The molecule has 0 saturated carbocycles. The summed E-state index contributed by atoms with van der Waals surface area (Å²) in [7, 11) is 2.02. The van der Waals surface area contributed by atoms with Crippen LogP contribution in [0, 0.1) is 5.82 Å². The molecule has 0 bridgehead atoms. The number of aromatic nitrogens is 3. The van der Waals surface area contributed by atoms with E-state index in [4.69, 9.17) is 33.7 Å². The minimum atomic E-state index is -0.749. The van der Waals surface area contributed by atoms with E-state index in [0.29, 0.717) is 24.5 Å². The molecule has 0 spiro atoms. The van der Waals surface area contributed by atoms with Gasteiger partial charge in [-0.2, -0.15) is 0 Å². The maximum absolute atomic E-state index is 14.0. The third kappa shape index (κ3) is 4.91. The lowest BCUT2D eigenvalue weighted by molar-refractivity contribution is -0.122. The Morgan fingerprint density at radius 1 is 1.24 bits per heavy atom. The van der Waals surface area contributed by atoms with E-state index in [1.807, 2.05) is 19.2 Å². The number of amides is 1. The summed E-state index contributed by atoms with van der Waals surface area (Å²) in [6, 6.07) is 6.23. The van der Waals surface area contributed by atoms with E-state index in [0.717, 1.165) is 18.5 Å². The number of rotatable bonds is 6. The third-order valence-electron chi connectivity index (χ3n) is 5.73. The lowest BCUT2D eigenvalue weighted by atomic mass is 10.0. The minimum absolute atomic E-state index is 0.0421. The zero-order valence-electron chi connectivity index (χ0n) is 18.6. The number of piperazine rings is 1. The first kappa shape index (κ1) is 24.1. The number of nitrogen functional groups attached to an aromatic ring is 1. The van der Waals surface area contributed by atoms with Gasteiger partial charge in [0.2, 0.25) is 6.41 Å². The van der Waals surface area contributed by atoms with E-state index >= 15 is 0 Å². The standard InChI is InChI=1S/C23H23Cl2FN6O2/c1-13(20-15(24)3-4-16(26)21(20)25)34-23-22(27)29-10-18(30-23)17-9-14(5-6-28-17)19-11-31(2)7-8-32(19)12-33/h3-6,9-10,12-13,19H,7-8,11H2,1-2H3,(H2,27,29). The monoisotopic (exact) mass is 504 g/mol. The van der Waals surface area contributed by atoms with Crippen LogP contribution in [0.15, 0.2) is 36.7 Å². The fourth-order valence-corrected chi connectivity index (χ4v) is 4.56. The lowest BCUT2D eigenvalue weighted by Gasteiger charge is -2.38. The van der Waals surface area contributed by atoms with Crippen molar-refractivity contribution in [1.82, 2.24) is 24.8 Å². The second-order valence-corrected chi connectivity index (χ2v) is 8.84. The largest absolute Gasteiger partial charge is 0.467 e. The van der Waals surface area contributed by atoms with Crippen LogP contribution < -0.4 is 10.5 Å². The van der Waals surface area contributed by atoms with Gasteiger partial charge in [-0.25, -0.2) is 14.4 Å². The van der Waals surface area contributed by atoms with Crippen LogP contribution in [0.25, 0.3) is 11.4 Å². The topological polar surface area (TPSA) is 97.5 Å². The highest BCUT2D eigenvalue weighted by molar-refractivity contribution is 6.36. The van der Waals surface area contributed by atoms with Gasteiger partial charge in [0.15, 0.2) is 5.82 Å². The number of nitrogens with two attached hydrogens (primary N) is 1. The molecule has 1 saturated heterocycles. The van der Waals surface area contributed by atoms with Crippen molar-refractivity contribution in [2.45, 2.75) is 19.1 Å². The molecule has 1 fully saturated rings. The number of nitrogens with zero attached hydrogens (tertiary/aromatic N) is 5. The fourth-order valence-electron chi connectivity index (χ4n) is 3.88. The molecule has 2 unspecified atom stereocenters. The van der Waals surface area contributed by atoms with Crippen LogP contribution in [0.4, 0.5) is 10.2 Å². The maximum atomic E-state index is 14.0. The minimum Gasteiger partial charge on any atom is -0.467 e. The second-order valence-electron chi connectivity index (χ2n) is 8.06. The molecule has 1 aromatic carbocycles. The Morgan fingerprint density at radius 3 is 2.79 bits per heavy atom. The Kier molecular flexibility index (Phi) is 7.16. The Bertz CT molecular complexity index is 1210. The number of carbonyl (C=O) groups excluding carboxylic acids is 1. The predicted molar refractivity (Wildman–Crippen MR) is 128 cm³/mol. The van der Waals surface area contributed by atoms with E-state index in [1.54, 1.807) is 18.0 Å². The van der Waals surface area contributed by atoms with Crippen molar-refractivity contribution in [2.24, 2.45) is 0 Å². The number of hydrogen-bond acceptors (Lipinski definition) is 7. The summed E-state index contributed by atoms with van der Waals surface area (Å²) in [6.07, 6.45) is 3.28. The van der Waals surface area contributed by atoms with Crippen molar-refractivity contribution >= 4 is 35.4 Å². The highest BCUT2D eigenvalue weighted by Gasteiger charge is 2.26. The van der Waals surface area contributed by atoms with Crippen molar-refractivity contribution in [3.63, 3.8) is 0 Å². The van der Waals surface area contributed by atoms with Crippen LogP contribution in [0.3, 0.4) is 0 Å². The maximum Gasteiger partial charge on any atom is 0.258 e. The molecule has 178 valence electrons. The number of anilines is 1. The first-order valence-electron chi connectivity index (χ1n) is 10.6. The number of halogens is 3. The van der Waals surface area contributed by atoms with Crippen LogP contribution in [0.5, 0.6) is 5.88 Å². The molecule has 1 amide bonds. The average molecular weight is 505 g/mol. The molecule has 0 aliphatic carbocycles. The first-order valence-corrected chi connectivity index (χ1v) is 11.3. The summed E-state index contributed by atoms with van der Waals surface area (Å²) in [5.74, 6) is -0.514. The number of hydrogen-bond donors (Lipinski definition) is 1. The summed E-state index contributed by atoms with van der Waals surface area (Å²) in [5, 5.41) is 0.127. The van der Waals surface area contributed by atoms with Crippen molar-refractivity contribution in [2.75, 3.05) is 32.4 Å². The molecule has 8 nitrogen and oxygen atoms in total. The van der Waals surface area contributed by atoms with Gasteiger partial charge < -0.3 is 20.3 Å². The molecule has 4 rings (SSSR count). The van der Waals surface area contributed by atoms with Crippen LogP contribution in [0.2, 0.25) is 10.0 Å². The Hall–Kier alpha value is -3.01. The fraction of sp³-hybridized carbons (Fsp3) is 0.304. The van der Waals surface area contributed by atoms with Crippen LogP contribution in [-0.2, 0) is 4.79 Å². The molecule has 11 heteroatoms. The summed E-state index contributed by atoms with van der Waals surface area (Å²) in [5.41, 5.74) is 8.17. The Labute approximate surface area is 206 Å². The number of benzene rings is 1. The quantitative estimate of drug-likeness (QED) is 0.397. The smallest absolute Gasteiger partial charge is 0.258 e. The molecule has 1 aliphatic rings. The van der Waals surface area contributed by atoms with Gasteiger partial charge in [-0.05, 0) is 43.8 Å². The van der Waals surface area contributed by atoms with Crippen LogP contribution in [-0.4, -0.2) is 57.8 Å². The summed E-state index contributed by atoms with van der Waals surface area (Å²) < 4.78 is 19.8. The van der Waals surface area contributed by atoms with Gasteiger partial charge >= 0.3 is 0 Å². The van der Waals surface area contributed by atoms with Gasteiger partial charge in [-0.15, -0.1) is 0 Å². The van der Waals surface area contributed by atoms with Gasteiger partial charge in [0.05, 0.1) is 23.0 Å². The highest BCUT2D eigenvalue weighted by atomic mass is 35.5. The Morgan fingerprint density at radius 2 is 2.03 bits per heavy atom. The molecule has 34 heavy (non-hydrogen) atoms. The zero-order valence-corrected chi connectivity index (χ0v) is 20.1. The Balaban J connectivity index is 1.63. The number of likely N-dealkylation sites (N-methyl/N-ethyl adjacent to an activating group) is 1. The van der Waals surface area contributed by atoms with Crippen LogP contribution in [0.1, 0.15) is 30.2 Å². The average Bonchev–Trinajstić information content (AvgIpc) is 2.83. The third-order valence-corrected chi connectivity index (χ3v) is 6.45. The zero-order chi connectivity index (χ0) is 24.4. The van der Waals surface area contributed by atoms with E-state index in [1.165, 1.54) is 18.3 Å². The van der Waals surface area contributed by atoms with Crippen LogP contribution >= 0.6 is 23.2 Å². The van der Waals surface area contributed by atoms with Gasteiger partial charge in [-0.3, -0.25) is 9.78 Å². The van der Waals surface area contributed by atoms with E-state index in [-0.39, 0.29) is 33.3 Å². The molecule has 2 aromatic heterocycles. The predicted octanol–water partition coefficient (Wildman–Crippen LogP) is 4.15. The highest BCUT2D eigenvalue weighted by Crippen LogP contribution is 2.36. The second kappa shape index (κ2) is 10.1. The molecular formula is C23H23Cl2FN6O2. The van der Waals surface area contributed by atoms with Crippen molar-refractivity contribution < 1.29 is 13.9 Å². The van der Waals surface area contributed by atoms with Crippen molar-refractivity contribution in [3.8, 4) is 17.3 Å². The van der Waals surface area contributed by atoms with Crippen molar-refractivity contribution in [1.29, 1.82) is 0 Å². The van der Waals surface area contributed by atoms with E-state index in [9.17, 15) is 9.18 Å². The normalized spacial score (nSPS) is 17.4. The molecule has 3 aromatic rings. The summed E-state index contributed by atoms with van der Waals surface area (Å²) in [4.78, 5) is 28.6. The van der Waals surface area contributed by atoms with Gasteiger partial charge in [-0.1, -0.05) is 23.2 Å². The van der Waals surface area contributed by atoms with Gasteiger partial charge in [0.1, 0.15) is 17.6 Å². The lowest BCUT2D eigenvalue weighted by Crippen LogP contribution is -2.46. The molecule has 1 aliphatic heterocycles. The SMILES string of the molecule is CC(Oc1nc(-c2cc(C3CN(C)CCN3C=O)ccn2)cnc1N)c1c(Cl)ccc(F)c1Cl. The van der Waals surface area contributed by atoms with E-state index in [2.05, 4.69) is 19.9 Å². The van der Waals surface area contributed by atoms with Gasteiger partial charge in [0, 0.05) is 36.4 Å². The molecule has 2 atom stereocenters. The molecule has 0 radical (unpaired) electrons.